The van der Waals surface area contributed by atoms with Crippen LogP contribution in [0.25, 0.3) is 0 Å². The quantitative estimate of drug-likeness (QED) is 0.412. The van der Waals surface area contributed by atoms with Crippen LogP contribution in [0.3, 0.4) is 0 Å². The molecule has 0 aromatic carbocycles. The van der Waals surface area contributed by atoms with Gasteiger partial charge in [0.05, 0.1) is 26.2 Å². The van der Waals surface area contributed by atoms with Gasteiger partial charge in [0.25, 0.3) is 0 Å². The molecule has 0 aromatic rings. The highest BCUT2D eigenvalue weighted by molar-refractivity contribution is 7.80. The molecule has 0 saturated carbocycles. The van der Waals surface area contributed by atoms with Crippen LogP contribution in [-0.2, 0) is 9.59 Å². The van der Waals surface area contributed by atoms with Crippen molar-refractivity contribution in [3.8, 4) is 0 Å². The van der Waals surface area contributed by atoms with Crippen LogP contribution in [0.15, 0.2) is 4.99 Å². The molecule has 0 unspecified atom stereocenters. The van der Waals surface area contributed by atoms with Gasteiger partial charge in [0, 0.05) is 19.3 Å². The fourth-order valence-corrected chi connectivity index (χ4v) is 3.63. The highest BCUT2D eigenvalue weighted by Gasteiger charge is 2.41. The Morgan fingerprint density at radius 1 is 1.13 bits per heavy atom. The molecule has 2 amide bonds. The molecule has 0 aromatic heterocycles. The van der Waals surface area contributed by atoms with Gasteiger partial charge in [-0.25, -0.2) is 0 Å². The number of thiocarbonyl (C=S) groups is 1. The van der Waals surface area contributed by atoms with Gasteiger partial charge in [0.15, 0.2) is 11.0 Å². The summed E-state index contributed by atoms with van der Waals surface area (Å²) in [7, 11) is 0. The topological polar surface area (TPSA) is 57.4 Å². The maximum Gasteiger partial charge on any atom is 0.246 e. The van der Waals surface area contributed by atoms with Crippen LogP contribution in [0.5, 0.6) is 0 Å². The lowest BCUT2D eigenvalue weighted by molar-refractivity contribution is -0.903. The molecule has 0 spiro atoms. The minimum Gasteiger partial charge on any atom is -0.333 e. The maximum absolute atomic E-state index is 12.4. The number of likely N-dealkylation sites (tertiary alicyclic amines) is 1. The monoisotopic (exact) mass is 339 g/mol. The van der Waals surface area contributed by atoms with Crippen molar-refractivity contribution in [3.63, 3.8) is 0 Å². The number of hydrogen-bond donors (Lipinski definition) is 1. The Morgan fingerprint density at radius 2 is 1.70 bits per heavy atom. The van der Waals surface area contributed by atoms with E-state index < -0.39 is 5.92 Å². The standard InChI is InChI=1S/C16H26N4O2S/c1-3-19-14(21)13(15(22)20(4-2)16(19)23)12-17-8-11-18-9-6-5-7-10-18/h12-13H,3-11H2,1-2H3/p+1. The van der Waals surface area contributed by atoms with E-state index in [0.29, 0.717) is 24.7 Å². The third-order valence-electron chi connectivity index (χ3n) is 4.57. The smallest absolute Gasteiger partial charge is 0.246 e. The van der Waals surface area contributed by atoms with Crippen LogP contribution in [0.1, 0.15) is 33.1 Å². The number of hydrogen-bond acceptors (Lipinski definition) is 4. The molecule has 1 N–H and O–H groups in total. The van der Waals surface area contributed by atoms with Gasteiger partial charge in [-0.05, 0) is 45.3 Å². The van der Waals surface area contributed by atoms with Crippen LogP contribution < -0.4 is 4.90 Å². The van der Waals surface area contributed by atoms with E-state index in [0.717, 1.165) is 6.54 Å². The van der Waals surface area contributed by atoms with Gasteiger partial charge in [0.1, 0.15) is 0 Å². The molecule has 7 heteroatoms. The number of quaternary nitrogens is 1. The zero-order valence-corrected chi connectivity index (χ0v) is 14.9. The van der Waals surface area contributed by atoms with Crippen molar-refractivity contribution in [1.29, 1.82) is 0 Å². The summed E-state index contributed by atoms with van der Waals surface area (Å²) in [5.74, 6) is -1.32. The predicted molar refractivity (Wildman–Crippen MR) is 93.6 cm³/mol. The van der Waals surface area contributed by atoms with Crippen molar-refractivity contribution in [3.05, 3.63) is 0 Å². The third kappa shape index (κ3) is 4.14. The number of nitrogens with zero attached hydrogens (tertiary/aromatic N) is 3. The summed E-state index contributed by atoms with van der Waals surface area (Å²) in [6, 6.07) is 0. The van der Waals surface area contributed by atoms with E-state index in [4.69, 9.17) is 12.2 Å². The summed E-state index contributed by atoms with van der Waals surface area (Å²) in [6.45, 7) is 8.72. The van der Waals surface area contributed by atoms with E-state index in [-0.39, 0.29) is 11.8 Å². The number of piperidine rings is 1. The van der Waals surface area contributed by atoms with E-state index in [1.54, 1.807) is 4.90 Å². The van der Waals surface area contributed by atoms with Gasteiger partial charge in [-0.15, -0.1) is 0 Å². The van der Waals surface area contributed by atoms with Gasteiger partial charge in [-0.2, -0.15) is 0 Å². The first-order chi connectivity index (χ1) is 11.1. The molecule has 2 saturated heterocycles. The molecular weight excluding hydrogens is 312 g/mol. The Bertz CT molecular complexity index is 462. The van der Waals surface area contributed by atoms with E-state index >= 15 is 0 Å². The van der Waals surface area contributed by atoms with Crippen molar-refractivity contribution < 1.29 is 14.5 Å². The highest BCUT2D eigenvalue weighted by Crippen LogP contribution is 2.16. The van der Waals surface area contributed by atoms with Crippen molar-refractivity contribution in [1.82, 2.24) is 9.80 Å². The van der Waals surface area contributed by atoms with Crippen molar-refractivity contribution in [2.24, 2.45) is 10.9 Å². The molecule has 0 aliphatic carbocycles. The van der Waals surface area contributed by atoms with Gasteiger partial charge < -0.3 is 4.90 Å². The Balaban J connectivity index is 1.95. The van der Waals surface area contributed by atoms with E-state index in [1.807, 2.05) is 13.8 Å². The molecule has 128 valence electrons. The SMILES string of the molecule is CCN1C(=O)C(C=NCC[NH+]2CCCCC2)C(=O)N(CC)C1=S. The van der Waals surface area contributed by atoms with Crippen molar-refractivity contribution in [2.45, 2.75) is 33.1 Å². The van der Waals surface area contributed by atoms with Gasteiger partial charge in [-0.3, -0.25) is 24.4 Å². The predicted octanol–water partition coefficient (Wildman–Crippen LogP) is -0.262. The number of carbonyl (C=O) groups excluding carboxylic acids is 2. The Labute approximate surface area is 143 Å². The normalized spacial score (nSPS) is 21.7. The molecule has 2 heterocycles. The summed E-state index contributed by atoms with van der Waals surface area (Å²) >= 11 is 5.24. The van der Waals surface area contributed by atoms with Crippen LogP contribution in [0.4, 0.5) is 0 Å². The molecule has 2 aliphatic heterocycles. The second-order valence-electron chi connectivity index (χ2n) is 6.04. The van der Waals surface area contributed by atoms with Gasteiger partial charge >= 0.3 is 0 Å². The first-order valence-electron chi connectivity index (χ1n) is 8.60. The fourth-order valence-electron chi connectivity index (χ4n) is 3.19. The molecule has 0 atom stereocenters. The molecule has 2 rings (SSSR count). The van der Waals surface area contributed by atoms with Crippen LogP contribution in [0.2, 0.25) is 0 Å². The summed E-state index contributed by atoms with van der Waals surface area (Å²) in [5.41, 5.74) is 0. The third-order valence-corrected chi connectivity index (χ3v) is 5.01. The largest absolute Gasteiger partial charge is 0.333 e. The number of amides is 2. The lowest BCUT2D eigenvalue weighted by Gasteiger charge is -2.37. The number of aliphatic imine (C=N–C) groups is 1. The summed E-state index contributed by atoms with van der Waals surface area (Å²) in [4.78, 5) is 33.8. The Morgan fingerprint density at radius 3 is 2.22 bits per heavy atom. The summed E-state index contributed by atoms with van der Waals surface area (Å²) in [5, 5.41) is 0.312. The molecule has 2 aliphatic rings. The zero-order chi connectivity index (χ0) is 16.8. The van der Waals surface area contributed by atoms with E-state index in [1.165, 1.54) is 48.4 Å². The van der Waals surface area contributed by atoms with Gasteiger partial charge in [0.2, 0.25) is 11.8 Å². The van der Waals surface area contributed by atoms with E-state index in [2.05, 4.69) is 4.99 Å². The first kappa shape index (κ1) is 18.0. The molecule has 2 fully saturated rings. The number of carbonyl (C=O) groups is 2. The Kier molecular flexibility index (Phi) is 6.65. The van der Waals surface area contributed by atoms with Crippen molar-refractivity contribution >= 4 is 35.4 Å². The second-order valence-corrected chi connectivity index (χ2v) is 6.41. The second kappa shape index (κ2) is 8.49. The number of nitrogens with one attached hydrogen (secondary N) is 1. The average molecular weight is 339 g/mol. The fraction of sp³-hybridized carbons (Fsp3) is 0.750. The number of rotatable bonds is 6. The maximum atomic E-state index is 12.4. The average Bonchev–Trinajstić information content (AvgIpc) is 2.56. The van der Waals surface area contributed by atoms with Crippen LogP contribution in [0, 0.1) is 5.92 Å². The van der Waals surface area contributed by atoms with Crippen LogP contribution in [-0.4, -0.2) is 72.2 Å². The molecular formula is C16H27N4O2S+. The summed E-state index contributed by atoms with van der Waals surface area (Å²) in [6.07, 6.45) is 5.43. The summed E-state index contributed by atoms with van der Waals surface area (Å²) < 4.78 is 0. The lowest BCUT2D eigenvalue weighted by atomic mass is 10.1. The van der Waals surface area contributed by atoms with Gasteiger partial charge in [-0.1, -0.05) is 0 Å². The minimum absolute atomic E-state index is 0.249. The highest BCUT2D eigenvalue weighted by atomic mass is 32.1. The zero-order valence-electron chi connectivity index (χ0n) is 14.1. The van der Waals surface area contributed by atoms with E-state index in [9.17, 15) is 9.59 Å². The molecule has 0 radical (unpaired) electrons. The van der Waals surface area contributed by atoms with Crippen molar-refractivity contribution in [2.75, 3.05) is 39.3 Å². The Hall–Kier alpha value is -1.34. The molecule has 23 heavy (non-hydrogen) atoms. The first-order valence-corrected chi connectivity index (χ1v) is 9.01. The van der Waals surface area contributed by atoms with Crippen LogP contribution >= 0.6 is 12.2 Å². The minimum atomic E-state index is -0.821. The molecule has 6 nitrogen and oxygen atoms in total. The lowest BCUT2D eigenvalue weighted by Crippen LogP contribution is -3.13. The molecule has 0 bridgehead atoms.